The summed E-state index contributed by atoms with van der Waals surface area (Å²) in [5.41, 5.74) is -0.217. The smallest absolute Gasteiger partial charge is 0.212 e. The van der Waals surface area contributed by atoms with Gasteiger partial charge in [0.2, 0.25) is 10.0 Å². The third-order valence-corrected chi connectivity index (χ3v) is 4.01. The Kier molecular flexibility index (Phi) is 4.07. The van der Waals surface area contributed by atoms with E-state index < -0.39 is 15.6 Å². The summed E-state index contributed by atoms with van der Waals surface area (Å²) < 4.78 is 25.6. The number of hydrogen-bond donors (Lipinski definition) is 2. The van der Waals surface area contributed by atoms with Crippen molar-refractivity contribution in [3.8, 4) is 0 Å². The lowest BCUT2D eigenvalue weighted by atomic mass is 9.94. The fraction of sp³-hybridized carbons (Fsp3) is 0.455. The molecule has 0 aromatic heterocycles. The number of aliphatic hydroxyl groups excluding tert-OH is 1. The van der Waals surface area contributed by atoms with E-state index in [-0.39, 0.29) is 12.4 Å². The topological polar surface area (TPSA) is 66.4 Å². The Balaban J connectivity index is 3.04. The van der Waals surface area contributed by atoms with Gasteiger partial charge in [0.15, 0.2) is 0 Å². The second-order valence-corrected chi connectivity index (χ2v) is 5.87. The summed E-state index contributed by atoms with van der Waals surface area (Å²) in [4.78, 5) is 0. The Morgan fingerprint density at radius 3 is 2.31 bits per heavy atom. The third-order valence-electron chi connectivity index (χ3n) is 2.49. The second-order valence-electron chi connectivity index (χ2n) is 3.86. The van der Waals surface area contributed by atoms with Gasteiger partial charge in [-0.2, -0.15) is 0 Å². The van der Waals surface area contributed by atoms with Gasteiger partial charge in [-0.05, 0) is 19.4 Å². The maximum atomic E-state index is 11.5. The average molecular weight is 243 g/mol. The lowest BCUT2D eigenvalue weighted by Crippen LogP contribution is -2.46. The molecular weight excluding hydrogens is 226 g/mol. The van der Waals surface area contributed by atoms with E-state index in [0.717, 1.165) is 5.56 Å². The van der Waals surface area contributed by atoms with Crippen molar-refractivity contribution in [1.82, 2.24) is 4.72 Å². The molecule has 0 saturated carbocycles. The third kappa shape index (κ3) is 3.04. The summed E-state index contributed by atoms with van der Waals surface area (Å²) in [6.45, 7) is 2.94. The Bertz CT molecular complexity index is 430. The Morgan fingerprint density at radius 1 is 1.31 bits per heavy atom. The van der Waals surface area contributed by atoms with Gasteiger partial charge in [0.1, 0.15) is 0 Å². The van der Waals surface area contributed by atoms with E-state index in [2.05, 4.69) is 4.72 Å². The summed E-state index contributed by atoms with van der Waals surface area (Å²) in [5.74, 6) is -0.00454. The van der Waals surface area contributed by atoms with Crippen molar-refractivity contribution in [3.63, 3.8) is 0 Å². The van der Waals surface area contributed by atoms with Crippen molar-refractivity contribution in [3.05, 3.63) is 35.9 Å². The van der Waals surface area contributed by atoms with E-state index in [1.54, 1.807) is 26.0 Å². The molecule has 4 nitrogen and oxygen atoms in total. The average Bonchev–Trinajstić information content (AvgIpc) is 2.29. The number of sulfonamides is 1. The zero-order valence-corrected chi connectivity index (χ0v) is 10.3. The van der Waals surface area contributed by atoms with Gasteiger partial charge in [-0.3, -0.25) is 0 Å². The molecule has 5 heteroatoms. The fourth-order valence-corrected chi connectivity index (χ4v) is 2.42. The molecule has 16 heavy (non-hydrogen) atoms. The zero-order chi connectivity index (χ0) is 12.2. The Hall–Kier alpha value is -0.910. The van der Waals surface area contributed by atoms with E-state index in [0.29, 0.717) is 0 Å². The maximum Gasteiger partial charge on any atom is 0.212 e. The van der Waals surface area contributed by atoms with Crippen molar-refractivity contribution in [2.45, 2.75) is 19.4 Å². The number of rotatable bonds is 5. The first-order valence-electron chi connectivity index (χ1n) is 5.11. The Labute approximate surface area is 96.4 Å². The quantitative estimate of drug-likeness (QED) is 0.805. The van der Waals surface area contributed by atoms with Crippen LogP contribution in [0.2, 0.25) is 0 Å². The van der Waals surface area contributed by atoms with Crippen LogP contribution in [0.3, 0.4) is 0 Å². The predicted molar refractivity (Wildman–Crippen MR) is 63.5 cm³/mol. The van der Waals surface area contributed by atoms with Crippen LogP contribution >= 0.6 is 0 Å². The van der Waals surface area contributed by atoms with Crippen LogP contribution in [0.5, 0.6) is 0 Å². The first-order chi connectivity index (χ1) is 7.43. The Morgan fingerprint density at radius 2 is 1.88 bits per heavy atom. The largest absolute Gasteiger partial charge is 0.394 e. The van der Waals surface area contributed by atoms with Crippen LogP contribution in [-0.4, -0.2) is 25.9 Å². The standard InChI is InChI=1S/C11H17NO3S/c1-3-16(14,15)12-11(2,9-13)10-7-5-4-6-8-10/h4-8,12-13H,3,9H2,1-2H3. The minimum Gasteiger partial charge on any atom is -0.394 e. The van der Waals surface area contributed by atoms with Gasteiger partial charge in [0.25, 0.3) is 0 Å². The van der Waals surface area contributed by atoms with Crippen molar-refractivity contribution in [2.24, 2.45) is 0 Å². The molecule has 0 bridgehead atoms. The van der Waals surface area contributed by atoms with Crippen LogP contribution in [0.1, 0.15) is 19.4 Å². The summed E-state index contributed by atoms with van der Waals surface area (Å²) in [6, 6.07) is 9.03. The first-order valence-corrected chi connectivity index (χ1v) is 6.77. The second kappa shape index (κ2) is 4.95. The molecule has 0 radical (unpaired) electrons. The molecule has 1 aromatic carbocycles. The molecule has 1 aromatic rings. The van der Waals surface area contributed by atoms with Crippen molar-refractivity contribution in [2.75, 3.05) is 12.4 Å². The number of aliphatic hydroxyl groups is 1. The zero-order valence-electron chi connectivity index (χ0n) is 9.47. The lowest BCUT2D eigenvalue weighted by molar-refractivity contribution is 0.196. The monoisotopic (exact) mass is 243 g/mol. The summed E-state index contributed by atoms with van der Waals surface area (Å²) in [5, 5.41) is 9.37. The molecular formula is C11H17NO3S. The molecule has 2 N–H and O–H groups in total. The summed E-state index contributed by atoms with van der Waals surface area (Å²) >= 11 is 0. The molecule has 0 aliphatic carbocycles. The SMILES string of the molecule is CCS(=O)(=O)NC(C)(CO)c1ccccc1. The highest BCUT2D eigenvalue weighted by atomic mass is 32.2. The molecule has 0 amide bonds. The van der Waals surface area contributed by atoms with Crippen LogP contribution in [0.4, 0.5) is 0 Å². The first kappa shape index (κ1) is 13.2. The van der Waals surface area contributed by atoms with Crippen LogP contribution in [-0.2, 0) is 15.6 Å². The molecule has 0 aliphatic heterocycles. The van der Waals surface area contributed by atoms with Crippen LogP contribution < -0.4 is 4.72 Å². The van der Waals surface area contributed by atoms with E-state index in [9.17, 15) is 13.5 Å². The van der Waals surface area contributed by atoms with Crippen molar-refractivity contribution >= 4 is 10.0 Å². The molecule has 0 spiro atoms. The van der Waals surface area contributed by atoms with Gasteiger partial charge in [-0.15, -0.1) is 0 Å². The predicted octanol–water partition coefficient (Wildman–Crippen LogP) is 0.833. The van der Waals surface area contributed by atoms with Gasteiger partial charge in [-0.1, -0.05) is 30.3 Å². The normalized spacial score (nSPS) is 15.7. The van der Waals surface area contributed by atoms with E-state index in [1.807, 2.05) is 18.2 Å². The van der Waals surface area contributed by atoms with Crippen LogP contribution in [0, 0.1) is 0 Å². The van der Waals surface area contributed by atoms with Crippen molar-refractivity contribution in [1.29, 1.82) is 0 Å². The highest BCUT2D eigenvalue weighted by molar-refractivity contribution is 7.89. The van der Waals surface area contributed by atoms with Gasteiger partial charge < -0.3 is 5.11 Å². The highest BCUT2D eigenvalue weighted by Crippen LogP contribution is 2.20. The van der Waals surface area contributed by atoms with Crippen molar-refractivity contribution < 1.29 is 13.5 Å². The highest BCUT2D eigenvalue weighted by Gasteiger charge is 2.29. The van der Waals surface area contributed by atoms with E-state index >= 15 is 0 Å². The molecule has 1 unspecified atom stereocenters. The van der Waals surface area contributed by atoms with Gasteiger partial charge >= 0.3 is 0 Å². The van der Waals surface area contributed by atoms with Gasteiger partial charge in [0, 0.05) is 0 Å². The van der Waals surface area contributed by atoms with Gasteiger partial charge in [0.05, 0.1) is 17.9 Å². The molecule has 0 aliphatic rings. The molecule has 1 rings (SSSR count). The molecule has 0 saturated heterocycles. The van der Waals surface area contributed by atoms with Crippen LogP contribution in [0.15, 0.2) is 30.3 Å². The van der Waals surface area contributed by atoms with E-state index in [4.69, 9.17) is 0 Å². The van der Waals surface area contributed by atoms with E-state index in [1.165, 1.54) is 0 Å². The summed E-state index contributed by atoms with van der Waals surface area (Å²) in [7, 11) is -3.35. The fourth-order valence-electron chi connectivity index (χ4n) is 1.40. The minimum atomic E-state index is -3.35. The molecule has 1 atom stereocenters. The molecule has 0 heterocycles. The number of nitrogens with one attached hydrogen (secondary N) is 1. The molecule has 0 fully saturated rings. The number of hydrogen-bond acceptors (Lipinski definition) is 3. The summed E-state index contributed by atoms with van der Waals surface area (Å²) in [6.07, 6.45) is 0. The number of benzene rings is 1. The van der Waals surface area contributed by atoms with Crippen LogP contribution in [0.25, 0.3) is 0 Å². The maximum absolute atomic E-state index is 11.5. The molecule has 90 valence electrons. The lowest BCUT2D eigenvalue weighted by Gasteiger charge is -2.28. The van der Waals surface area contributed by atoms with Gasteiger partial charge in [-0.25, -0.2) is 13.1 Å². The minimum absolute atomic E-state index is 0.00454.